The van der Waals surface area contributed by atoms with Gasteiger partial charge in [0.25, 0.3) is 0 Å². The molecule has 6 heteroatoms. The number of nitrogens with zero attached hydrogens (tertiary/aromatic N) is 3. The predicted molar refractivity (Wildman–Crippen MR) is 64.2 cm³/mol. The summed E-state index contributed by atoms with van der Waals surface area (Å²) < 4.78 is 6.56. The first-order chi connectivity index (χ1) is 7.87. The van der Waals surface area contributed by atoms with E-state index in [1.54, 1.807) is 39.2 Å². The number of carbonyl (C=O) groups is 1. The molecule has 5 nitrogen and oxygen atoms in total. The average Bonchev–Trinajstić information content (AvgIpc) is 2.57. The molecule has 0 atom stereocenters. The lowest BCUT2D eigenvalue weighted by Crippen LogP contribution is -2.26. The number of fused-ring (bicyclic) bond motifs is 1. The van der Waals surface area contributed by atoms with E-state index in [4.69, 9.17) is 16.3 Å². The zero-order valence-corrected chi connectivity index (χ0v) is 10.5. The standard InChI is InChI=1S/C11H12ClN3O2/c1-11(2,3)17-10(16)15-5-4-7-6-13-9(12)14-8(7)15/h4-6H,1-3H3. The minimum Gasteiger partial charge on any atom is -0.443 e. The number of halogens is 1. The second-order valence-electron chi connectivity index (χ2n) is 4.58. The highest BCUT2D eigenvalue weighted by Gasteiger charge is 2.19. The lowest BCUT2D eigenvalue weighted by molar-refractivity contribution is 0.0543. The number of carbonyl (C=O) groups excluding carboxylic acids is 1. The van der Waals surface area contributed by atoms with Gasteiger partial charge in [-0.1, -0.05) is 0 Å². The molecule has 2 heterocycles. The fourth-order valence-corrected chi connectivity index (χ4v) is 1.48. The Morgan fingerprint density at radius 1 is 1.47 bits per heavy atom. The zero-order chi connectivity index (χ0) is 12.6. The van der Waals surface area contributed by atoms with Crippen LogP contribution in [0.15, 0.2) is 18.5 Å². The molecule has 0 aliphatic heterocycles. The van der Waals surface area contributed by atoms with Crippen LogP contribution >= 0.6 is 11.6 Å². The van der Waals surface area contributed by atoms with Gasteiger partial charge in [0.2, 0.25) is 5.28 Å². The quantitative estimate of drug-likeness (QED) is 0.678. The Labute approximate surface area is 103 Å². The maximum Gasteiger partial charge on any atom is 0.420 e. The number of hydrogen-bond donors (Lipinski definition) is 0. The van der Waals surface area contributed by atoms with Crippen molar-refractivity contribution in [2.24, 2.45) is 0 Å². The number of rotatable bonds is 0. The highest BCUT2D eigenvalue weighted by molar-refractivity contribution is 6.28. The van der Waals surface area contributed by atoms with E-state index in [-0.39, 0.29) is 5.28 Å². The van der Waals surface area contributed by atoms with E-state index >= 15 is 0 Å². The maximum atomic E-state index is 11.9. The topological polar surface area (TPSA) is 57.0 Å². The molecule has 0 aliphatic rings. The summed E-state index contributed by atoms with van der Waals surface area (Å²) in [5.41, 5.74) is -0.107. The molecular formula is C11H12ClN3O2. The van der Waals surface area contributed by atoms with E-state index in [0.29, 0.717) is 5.65 Å². The second kappa shape index (κ2) is 4.00. The van der Waals surface area contributed by atoms with Crippen LogP contribution in [0.2, 0.25) is 5.28 Å². The molecule has 0 bridgehead atoms. The molecule has 0 N–H and O–H groups in total. The van der Waals surface area contributed by atoms with E-state index in [0.717, 1.165) is 5.39 Å². The van der Waals surface area contributed by atoms with Crippen LogP contribution in [0.1, 0.15) is 20.8 Å². The molecule has 0 amide bonds. The minimum absolute atomic E-state index is 0.0982. The third-order valence-corrected chi connectivity index (χ3v) is 2.17. The minimum atomic E-state index is -0.551. The molecule has 2 aromatic heterocycles. The van der Waals surface area contributed by atoms with Crippen LogP contribution in [0.3, 0.4) is 0 Å². The van der Waals surface area contributed by atoms with Crippen LogP contribution in [-0.2, 0) is 4.74 Å². The molecule has 0 spiro atoms. The van der Waals surface area contributed by atoms with Crippen molar-refractivity contribution in [1.29, 1.82) is 0 Å². The van der Waals surface area contributed by atoms with Crippen molar-refractivity contribution in [2.75, 3.05) is 0 Å². The lowest BCUT2D eigenvalue weighted by atomic mass is 10.2. The van der Waals surface area contributed by atoms with Crippen molar-refractivity contribution in [3.63, 3.8) is 0 Å². The summed E-state index contributed by atoms with van der Waals surface area (Å²) in [7, 11) is 0. The second-order valence-corrected chi connectivity index (χ2v) is 4.92. The molecule has 0 aliphatic carbocycles. The largest absolute Gasteiger partial charge is 0.443 e. The summed E-state index contributed by atoms with van der Waals surface area (Å²) in [4.78, 5) is 19.7. The van der Waals surface area contributed by atoms with Crippen LogP contribution in [0.4, 0.5) is 4.79 Å². The first-order valence-electron chi connectivity index (χ1n) is 5.10. The third kappa shape index (κ3) is 2.55. The van der Waals surface area contributed by atoms with Gasteiger partial charge in [-0.15, -0.1) is 0 Å². The first-order valence-corrected chi connectivity index (χ1v) is 5.47. The summed E-state index contributed by atoms with van der Waals surface area (Å²) in [6.07, 6.45) is 2.66. The van der Waals surface area contributed by atoms with Crippen LogP contribution in [-0.4, -0.2) is 26.2 Å². The Morgan fingerprint density at radius 3 is 2.82 bits per heavy atom. The maximum absolute atomic E-state index is 11.9. The van der Waals surface area contributed by atoms with Crippen LogP contribution < -0.4 is 0 Å². The molecule has 0 unspecified atom stereocenters. The van der Waals surface area contributed by atoms with Crippen molar-refractivity contribution in [2.45, 2.75) is 26.4 Å². The van der Waals surface area contributed by atoms with Crippen LogP contribution in [0.25, 0.3) is 11.0 Å². The smallest absolute Gasteiger partial charge is 0.420 e. The van der Waals surface area contributed by atoms with E-state index in [2.05, 4.69) is 9.97 Å². The summed E-state index contributed by atoms with van der Waals surface area (Å²) in [5, 5.41) is 0.835. The van der Waals surface area contributed by atoms with E-state index in [1.165, 1.54) is 4.57 Å². The Balaban J connectivity index is 2.42. The SMILES string of the molecule is CC(C)(C)OC(=O)n1ccc2cnc(Cl)nc21. The van der Waals surface area contributed by atoms with Gasteiger partial charge in [-0.25, -0.2) is 14.3 Å². The number of ether oxygens (including phenoxy) is 1. The van der Waals surface area contributed by atoms with Gasteiger partial charge in [-0.3, -0.25) is 0 Å². The summed E-state index contributed by atoms with van der Waals surface area (Å²) >= 11 is 5.70. The van der Waals surface area contributed by atoms with Crippen LogP contribution in [0, 0.1) is 0 Å². The Morgan fingerprint density at radius 2 is 2.18 bits per heavy atom. The zero-order valence-electron chi connectivity index (χ0n) is 9.77. The molecule has 0 saturated heterocycles. The molecule has 0 radical (unpaired) electrons. The Bertz CT molecular complexity index is 572. The summed E-state index contributed by atoms with van der Waals surface area (Å²) in [6, 6.07) is 1.73. The monoisotopic (exact) mass is 253 g/mol. The van der Waals surface area contributed by atoms with Gasteiger partial charge in [0.05, 0.1) is 0 Å². The van der Waals surface area contributed by atoms with Gasteiger partial charge in [0, 0.05) is 17.8 Å². The van der Waals surface area contributed by atoms with Gasteiger partial charge >= 0.3 is 6.09 Å². The molecule has 2 rings (SSSR count). The average molecular weight is 254 g/mol. The van der Waals surface area contributed by atoms with E-state index < -0.39 is 11.7 Å². The van der Waals surface area contributed by atoms with Gasteiger partial charge in [0.1, 0.15) is 5.60 Å². The molecule has 0 saturated carbocycles. The summed E-state index contributed by atoms with van der Waals surface area (Å²) in [5.74, 6) is 0. The van der Waals surface area contributed by atoms with Gasteiger partial charge in [-0.2, -0.15) is 4.98 Å². The van der Waals surface area contributed by atoms with Crippen molar-refractivity contribution in [3.8, 4) is 0 Å². The molecular weight excluding hydrogens is 242 g/mol. The molecule has 2 aromatic rings. The fraction of sp³-hybridized carbons (Fsp3) is 0.364. The normalized spacial score (nSPS) is 11.8. The Hall–Kier alpha value is -1.62. The molecule has 0 fully saturated rings. The highest BCUT2D eigenvalue weighted by atomic mass is 35.5. The predicted octanol–water partition coefficient (Wildman–Crippen LogP) is 2.87. The molecule has 0 aromatic carbocycles. The van der Waals surface area contributed by atoms with Crippen molar-refractivity contribution >= 4 is 28.7 Å². The number of aromatic nitrogens is 3. The summed E-state index contributed by atoms with van der Waals surface area (Å²) in [6.45, 7) is 5.41. The van der Waals surface area contributed by atoms with E-state index in [1.807, 2.05) is 0 Å². The van der Waals surface area contributed by atoms with Gasteiger partial charge in [-0.05, 0) is 38.4 Å². The van der Waals surface area contributed by atoms with Crippen molar-refractivity contribution in [3.05, 3.63) is 23.7 Å². The van der Waals surface area contributed by atoms with Crippen molar-refractivity contribution in [1.82, 2.24) is 14.5 Å². The fourth-order valence-electron chi connectivity index (χ4n) is 1.36. The number of hydrogen-bond acceptors (Lipinski definition) is 4. The van der Waals surface area contributed by atoms with Gasteiger partial charge in [0.15, 0.2) is 5.65 Å². The molecule has 17 heavy (non-hydrogen) atoms. The highest BCUT2D eigenvalue weighted by Crippen LogP contribution is 2.16. The molecule has 90 valence electrons. The van der Waals surface area contributed by atoms with E-state index in [9.17, 15) is 4.79 Å². The van der Waals surface area contributed by atoms with Crippen molar-refractivity contribution < 1.29 is 9.53 Å². The van der Waals surface area contributed by atoms with Gasteiger partial charge < -0.3 is 4.74 Å². The Kier molecular flexibility index (Phi) is 2.79. The first kappa shape index (κ1) is 11.9. The lowest BCUT2D eigenvalue weighted by Gasteiger charge is -2.19. The van der Waals surface area contributed by atoms with Crippen LogP contribution in [0.5, 0.6) is 0 Å². The third-order valence-electron chi connectivity index (χ3n) is 1.99.